The summed E-state index contributed by atoms with van der Waals surface area (Å²) in [6, 6.07) is 15.5. The predicted octanol–water partition coefficient (Wildman–Crippen LogP) is 2.58. The summed E-state index contributed by atoms with van der Waals surface area (Å²) in [6.45, 7) is 3.15. The normalized spacial score (nSPS) is 17.0. The van der Waals surface area contributed by atoms with E-state index in [1.807, 2.05) is 29.2 Å². The van der Waals surface area contributed by atoms with Crippen molar-refractivity contribution < 1.29 is 24.2 Å². The minimum Gasteiger partial charge on any atom is -0.480 e. The smallest absolute Gasteiger partial charge is 0.407 e. The zero-order valence-corrected chi connectivity index (χ0v) is 18.6. The van der Waals surface area contributed by atoms with E-state index in [0.29, 0.717) is 25.9 Å². The van der Waals surface area contributed by atoms with E-state index in [0.717, 1.165) is 0 Å². The SMILES string of the molecule is C[C@H](NC(=O)CN1CCC(NC(=O)OCC2c3ccccc3-c3ccccc32)CC1)C(=O)O. The van der Waals surface area contributed by atoms with Gasteiger partial charge in [0.25, 0.3) is 0 Å². The van der Waals surface area contributed by atoms with E-state index in [1.165, 1.54) is 29.2 Å². The molecule has 0 spiro atoms. The van der Waals surface area contributed by atoms with Crippen LogP contribution in [0.25, 0.3) is 11.1 Å². The molecule has 1 aliphatic carbocycles. The second kappa shape index (κ2) is 10.0. The van der Waals surface area contributed by atoms with Gasteiger partial charge < -0.3 is 20.5 Å². The first-order valence-electron chi connectivity index (χ1n) is 11.3. The maximum atomic E-state index is 12.5. The molecule has 1 heterocycles. The number of aliphatic carboxylic acids is 1. The first-order chi connectivity index (χ1) is 15.9. The Labute approximate surface area is 192 Å². The van der Waals surface area contributed by atoms with E-state index >= 15 is 0 Å². The summed E-state index contributed by atoms with van der Waals surface area (Å²) in [5.41, 5.74) is 4.73. The van der Waals surface area contributed by atoms with Crippen LogP contribution in [0.3, 0.4) is 0 Å². The number of alkyl carbamates (subject to hydrolysis) is 1. The molecule has 8 heteroatoms. The second-order valence-electron chi connectivity index (χ2n) is 8.65. The molecule has 2 amide bonds. The molecule has 33 heavy (non-hydrogen) atoms. The average molecular weight is 452 g/mol. The van der Waals surface area contributed by atoms with Crippen molar-refractivity contribution in [3.8, 4) is 11.1 Å². The number of carbonyl (C=O) groups is 3. The van der Waals surface area contributed by atoms with Crippen molar-refractivity contribution >= 4 is 18.0 Å². The number of nitrogens with zero attached hydrogens (tertiary/aromatic N) is 1. The summed E-state index contributed by atoms with van der Waals surface area (Å²) >= 11 is 0. The lowest BCUT2D eigenvalue weighted by Gasteiger charge is -2.31. The van der Waals surface area contributed by atoms with Crippen molar-refractivity contribution in [1.82, 2.24) is 15.5 Å². The van der Waals surface area contributed by atoms with Crippen LogP contribution in [-0.2, 0) is 14.3 Å². The van der Waals surface area contributed by atoms with Crippen LogP contribution in [-0.4, -0.2) is 66.3 Å². The summed E-state index contributed by atoms with van der Waals surface area (Å²) in [6.07, 6.45) is 0.973. The lowest BCUT2D eigenvalue weighted by atomic mass is 9.98. The molecule has 1 saturated heterocycles. The summed E-state index contributed by atoms with van der Waals surface area (Å²) in [5.74, 6) is -1.35. The Kier molecular flexibility index (Phi) is 6.93. The van der Waals surface area contributed by atoms with Crippen molar-refractivity contribution in [3.05, 3.63) is 59.7 Å². The van der Waals surface area contributed by atoms with Gasteiger partial charge in [0.1, 0.15) is 12.6 Å². The number of piperidine rings is 1. The molecule has 1 fully saturated rings. The van der Waals surface area contributed by atoms with Crippen molar-refractivity contribution in [2.45, 2.75) is 37.8 Å². The number of carboxylic acids is 1. The Hall–Kier alpha value is -3.39. The molecule has 4 rings (SSSR count). The Morgan fingerprint density at radius 2 is 1.61 bits per heavy atom. The van der Waals surface area contributed by atoms with Gasteiger partial charge in [-0.05, 0) is 42.0 Å². The third kappa shape index (κ3) is 5.34. The van der Waals surface area contributed by atoms with Gasteiger partial charge in [0.15, 0.2) is 0 Å². The van der Waals surface area contributed by atoms with E-state index in [4.69, 9.17) is 9.84 Å². The lowest BCUT2D eigenvalue weighted by Crippen LogP contribution is -2.49. The van der Waals surface area contributed by atoms with E-state index < -0.39 is 18.1 Å². The van der Waals surface area contributed by atoms with Gasteiger partial charge in [-0.15, -0.1) is 0 Å². The molecule has 2 aromatic carbocycles. The number of amides is 2. The molecule has 2 aromatic rings. The van der Waals surface area contributed by atoms with Crippen LogP contribution in [0.1, 0.15) is 36.8 Å². The van der Waals surface area contributed by atoms with Crippen LogP contribution in [0.2, 0.25) is 0 Å². The van der Waals surface area contributed by atoms with Crippen molar-refractivity contribution in [2.75, 3.05) is 26.2 Å². The molecular weight excluding hydrogens is 422 g/mol. The summed E-state index contributed by atoms with van der Waals surface area (Å²) in [5, 5.41) is 14.3. The second-order valence-corrected chi connectivity index (χ2v) is 8.65. The number of fused-ring (bicyclic) bond motifs is 3. The minimum atomic E-state index is -1.06. The maximum Gasteiger partial charge on any atom is 0.407 e. The van der Waals surface area contributed by atoms with Crippen molar-refractivity contribution in [1.29, 1.82) is 0 Å². The number of ether oxygens (including phenoxy) is 1. The molecule has 0 aromatic heterocycles. The van der Waals surface area contributed by atoms with Crippen LogP contribution in [0.4, 0.5) is 4.79 Å². The highest BCUT2D eigenvalue weighted by atomic mass is 16.5. The third-order valence-electron chi connectivity index (χ3n) is 6.37. The van der Waals surface area contributed by atoms with Gasteiger partial charge in [-0.25, -0.2) is 4.79 Å². The highest BCUT2D eigenvalue weighted by Crippen LogP contribution is 2.44. The zero-order chi connectivity index (χ0) is 23.4. The van der Waals surface area contributed by atoms with E-state index in [2.05, 4.69) is 34.9 Å². The third-order valence-corrected chi connectivity index (χ3v) is 6.37. The quantitative estimate of drug-likeness (QED) is 0.597. The van der Waals surface area contributed by atoms with E-state index in [-0.39, 0.29) is 31.0 Å². The molecule has 2 aliphatic rings. The zero-order valence-electron chi connectivity index (χ0n) is 18.6. The fourth-order valence-electron chi connectivity index (χ4n) is 4.59. The average Bonchev–Trinajstić information content (AvgIpc) is 3.12. The molecule has 0 unspecified atom stereocenters. The number of hydrogen-bond acceptors (Lipinski definition) is 5. The number of likely N-dealkylation sites (tertiary alicyclic amines) is 1. The summed E-state index contributed by atoms with van der Waals surface area (Å²) < 4.78 is 5.62. The Morgan fingerprint density at radius 3 is 2.18 bits per heavy atom. The van der Waals surface area contributed by atoms with Crippen LogP contribution in [0.5, 0.6) is 0 Å². The number of hydrogen-bond donors (Lipinski definition) is 3. The van der Waals surface area contributed by atoms with Gasteiger partial charge in [0.05, 0.1) is 6.54 Å². The first kappa shape index (κ1) is 22.8. The first-order valence-corrected chi connectivity index (χ1v) is 11.3. The molecule has 3 N–H and O–H groups in total. The van der Waals surface area contributed by atoms with Gasteiger partial charge in [0.2, 0.25) is 5.91 Å². The van der Waals surface area contributed by atoms with Crippen LogP contribution < -0.4 is 10.6 Å². The summed E-state index contributed by atoms with van der Waals surface area (Å²) in [4.78, 5) is 37.2. The van der Waals surface area contributed by atoms with Gasteiger partial charge >= 0.3 is 12.1 Å². The molecule has 8 nitrogen and oxygen atoms in total. The van der Waals surface area contributed by atoms with Crippen LogP contribution in [0, 0.1) is 0 Å². The Bertz CT molecular complexity index is 987. The van der Waals surface area contributed by atoms with Crippen LogP contribution in [0.15, 0.2) is 48.5 Å². The standard InChI is InChI=1S/C25H29N3O5/c1-16(24(30)31)26-23(29)14-28-12-10-17(11-13-28)27-25(32)33-15-22-20-8-4-2-6-18(20)19-7-3-5-9-21(19)22/h2-9,16-17,22H,10-15H2,1H3,(H,26,29)(H,27,32)(H,30,31)/t16-/m0/s1. The summed E-state index contributed by atoms with van der Waals surface area (Å²) in [7, 11) is 0. The van der Waals surface area contributed by atoms with Gasteiger partial charge in [-0.3, -0.25) is 14.5 Å². The molecule has 0 saturated carbocycles. The predicted molar refractivity (Wildman–Crippen MR) is 123 cm³/mol. The molecule has 0 bridgehead atoms. The monoisotopic (exact) mass is 451 g/mol. The van der Waals surface area contributed by atoms with Crippen molar-refractivity contribution in [2.24, 2.45) is 0 Å². The lowest BCUT2D eigenvalue weighted by molar-refractivity contribution is -0.141. The maximum absolute atomic E-state index is 12.5. The molecule has 0 radical (unpaired) electrons. The number of carbonyl (C=O) groups excluding carboxylic acids is 2. The van der Waals surface area contributed by atoms with Crippen molar-refractivity contribution in [3.63, 3.8) is 0 Å². The fraction of sp³-hybridized carbons (Fsp3) is 0.400. The Balaban J connectivity index is 1.23. The number of nitrogens with one attached hydrogen (secondary N) is 2. The molecule has 174 valence electrons. The number of carboxylic acid groups (broad SMARTS) is 1. The molecular formula is C25H29N3O5. The largest absolute Gasteiger partial charge is 0.480 e. The van der Waals surface area contributed by atoms with Crippen LogP contribution >= 0.6 is 0 Å². The highest BCUT2D eigenvalue weighted by molar-refractivity contribution is 5.84. The topological polar surface area (TPSA) is 108 Å². The van der Waals surface area contributed by atoms with E-state index in [1.54, 1.807) is 0 Å². The molecule has 1 aliphatic heterocycles. The van der Waals surface area contributed by atoms with E-state index in [9.17, 15) is 14.4 Å². The van der Waals surface area contributed by atoms with Gasteiger partial charge in [-0.1, -0.05) is 48.5 Å². The van der Waals surface area contributed by atoms with Gasteiger partial charge in [0, 0.05) is 25.0 Å². The molecule has 1 atom stereocenters. The van der Waals surface area contributed by atoms with Gasteiger partial charge in [-0.2, -0.15) is 0 Å². The number of rotatable bonds is 7. The Morgan fingerprint density at radius 1 is 1.03 bits per heavy atom. The highest BCUT2D eigenvalue weighted by Gasteiger charge is 2.29. The number of benzene rings is 2. The minimum absolute atomic E-state index is 0.0158. The fourth-order valence-corrected chi connectivity index (χ4v) is 4.59.